The third-order valence-corrected chi connectivity index (χ3v) is 5.55. The van der Waals surface area contributed by atoms with E-state index in [4.69, 9.17) is 5.10 Å². The van der Waals surface area contributed by atoms with Gasteiger partial charge in [-0.25, -0.2) is 4.68 Å². The van der Waals surface area contributed by atoms with E-state index < -0.39 is 23.6 Å². The van der Waals surface area contributed by atoms with Crippen LogP contribution in [0, 0.1) is 6.92 Å². The Kier molecular flexibility index (Phi) is 7.38. The SMILES string of the molecule is CCN(CC(=O)Nc1cc(C(C)(C)C)nn1-c1ccccc1C)C(=O)c1ccc(C(F)(F)F)cc1. The highest BCUT2D eigenvalue weighted by Crippen LogP contribution is 2.29. The van der Waals surface area contributed by atoms with E-state index in [0.29, 0.717) is 5.82 Å². The second-order valence-corrected chi connectivity index (χ2v) is 9.31. The summed E-state index contributed by atoms with van der Waals surface area (Å²) in [6, 6.07) is 13.4. The Morgan fingerprint density at radius 2 is 1.66 bits per heavy atom. The van der Waals surface area contributed by atoms with Crippen LogP contribution in [0.4, 0.5) is 19.0 Å². The van der Waals surface area contributed by atoms with E-state index in [2.05, 4.69) is 5.32 Å². The van der Waals surface area contributed by atoms with E-state index in [1.165, 1.54) is 4.90 Å². The molecule has 2 amide bonds. The fourth-order valence-corrected chi connectivity index (χ4v) is 3.49. The number of benzene rings is 2. The minimum Gasteiger partial charge on any atom is -0.330 e. The molecule has 0 unspecified atom stereocenters. The number of likely N-dealkylation sites (N-methyl/N-ethyl adjacent to an activating group) is 1. The molecule has 186 valence electrons. The Morgan fingerprint density at radius 1 is 1.03 bits per heavy atom. The van der Waals surface area contributed by atoms with Gasteiger partial charge in [-0.3, -0.25) is 9.59 Å². The van der Waals surface area contributed by atoms with Crippen LogP contribution in [-0.2, 0) is 16.4 Å². The lowest BCUT2D eigenvalue weighted by atomic mass is 9.92. The molecule has 0 radical (unpaired) electrons. The molecule has 0 aliphatic rings. The zero-order valence-corrected chi connectivity index (χ0v) is 20.4. The number of carbonyl (C=O) groups excluding carboxylic acids is 2. The molecular formula is C26H29F3N4O2. The van der Waals surface area contributed by atoms with Crippen molar-refractivity contribution in [3.63, 3.8) is 0 Å². The molecule has 6 nitrogen and oxygen atoms in total. The molecule has 3 rings (SSSR count). The molecule has 0 saturated carbocycles. The van der Waals surface area contributed by atoms with Crippen LogP contribution in [0.3, 0.4) is 0 Å². The highest BCUT2D eigenvalue weighted by molar-refractivity contribution is 5.99. The average molecular weight is 487 g/mol. The monoisotopic (exact) mass is 486 g/mol. The van der Waals surface area contributed by atoms with Crippen molar-refractivity contribution in [3.05, 3.63) is 77.0 Å². The highest BCUT2D eigenvalue weighted by atomic mass is 19.4. The Hall–Kier alpha value is -3.62. The summed E-state index contributed by atoms with van der Waals surface area (Å²) in [6.07, 6.45) is -4.49. The van der Waals surface area contributed by atoms with Gasteiger partial charge in [0.25, 0.3) is 5.91 Å². The Balaban J connectivity index is 1.82. The number of carbonyl (C=O) groups is 2. The van der Waals surface area contributed by atoms with Crippen molar-refractivity contribution in [3.8, 4) is 5.69 Å². The normalized spacial score (nSPS) is 11.9. The van der Waals surface area contributed by atoms with Crippen molar-refractivity contribution >= 4 is 17.6 Å². The van der Waals surface area contributed by atoms with E-state index >= 15 is 0 Å². The second kappa shape index (κ2) is 9.93. The number of alkyl halides is 3. The van der Waals surface area contributed by atoms with Gasteiger partial charge in [0.15, 0.2) is 0 Å². The molecule has 35 heavy (non-hydrogen) atoms. The van der Waals surface area contributed by atoms with Gasteiger partial charge in [-0.2, -0.15) is 18.3 Å². The van der Waals surface area contributed by atoms with Crippen LogP contribution in [0.1, 0.15) is 54.9 Å². The summed E-state index contributed by atoms with van der Waals surface area (Å²) in [7, 11) is 0. The van der Waals surface area contributed by atoms with Crippen LogP contribution < -0.4 is 5.32 Å². The smallest absolute Gasteiger partial charge is 0.330 e. The third kappa shape index (κ3) is 6.09. The molecule has 0 bridgehead atoms. The molecule has 0 spiro atoms. The van der Waals surface area contributed by atoms with Gasteiger partial charge in [0.1, 0.15) is 12.4 Å². The molecular weight excluding hydrogens is 457 g/mol. The standard InChI is InChI=1S/C26H29F3N4O2/c1-6-32(24(35)18-11-13-19(14-12-18)26(27,28)29)16-23(34)30-22-15-21(25(3,4)5)31-33(22)20-10-8-7-9-17(20)2/h7-15H,6,16H2,1-5H3,(H,30,34). The zero-order valence-electron chi connectivity index (χ0n) is 20.4. The molecule has 0 aliphatic heterocycles. The lowest BCUT2D eigenvalue weighted by molar-refractivity contribution is -0.137. The predicted octanol–water partition coefficient (Wildman–Crippen LogP) is 5.60. The van der Waals surface area contributed by atoms with E-state index in [-0.39, 0.29) is 24.1 Å². The van der Waals surface area contributed by atoms with Crippen molar-refractivity contribution in [1.82, 2.24) is 14.7 Å². The van der Waals surface area contributed by atoms with Gasteiger partial charge in [0.05, 0.1) is 16.9 Å². The quantitative estimate of drug-likeness (QED) is 0.493. The van der Waals surface area contributed by atoms with E-state index in [1.54, 1.807) is 17.7 Å². The summed E-state index contributed by atoms with van der Waals surface area (Å²) in [5, 5.41) is 7.55. The molecule has 0 aliphatic carbocycles. The van der Waals surface area contributed by atoms with Crippen LogP contribution in [0.2, 0.25) is 0 Å². The predicted molar refractivity (Wildman–Crippen MR) is 129 cm³/mol. The third-order valence-electron chi connectivity index (χ3n) is 5.55. The lowest BCUT2D eigenvalue weighted by Gasteiger charge is -2.21. The van der Waals surface area contributed by atoms with Gasteiger partial charge < -0.3 is 10.2 Å². The second-order valence-electron chi connectivity index (χ2n) is 9.31. The van der Waals surface area contributed by atoms with Gasteiger partial charge >= 0.3 is 6.18 Å². The lowest BCUT2D eigenvalue weighted by Crippen LogP contribution is -2.38. The number of amides is 2. The molecule has 2 aromatic carbocycles. The van der Waals surface area contributed by atoms with Crippen LogP contribution in [0.15, 0.2) is 54.6 Å². The average Bonchev–Trinajstić information content (AvgIpc) is 3.20. The number of nitrogens with zero attached hydrogens (tertiary/aromatic N) is 3. The summed E-state index contributed by atoms with van der Waals surface area (Å²) >= 11 is 0. The number of halogens is 3. The summed E-state index contributed by atoms with van der Waals surface area (Å²) in [4.78, 5) is 27.1. The first kappa shape index (κ1) is 26.0. The maximum atomic E-state index is 12.9. The summed E-state index contributed by atoms with van der Waals surface area (Å²) < 4.78 is 40.1. The topological polar surface area (TPSA) is 67.2 Å². The summed E-state index contributed by atoms with van der Waals surface area (Å²) in [5.41, 5.74) is 1.54. The Labute approximate surface area is 202 Å². The number of aromatic nitrogens is 2. The Bertz CT molecular complexity index is 1210. The van der Waals surface area contributed by atoms with Crippen LogP contribution in [0.25, 0.3) is 5.69 Å². The van der Waals surface area contributed by atoms with Gasteiger partial charge in [-0.05, 0) is 49.7 Å². The number of rotatable bonds is 6. The van der Waals surface area contributed by atoms with E-state index in [0.717, 1.165) is 41.2 Å². The molecule has 1 aromatic heterocycles. The Morgan fingerprint density at radius 3 is 2.20 bits per heavy atom. The number of hydrogen-bond donors (Lipinski definition) is 1. The maximum Gasteiger partial charge on any atom is 0.416 e. The number of hydrogen-bond acceptors (Lipinski definition) is 3. The van der Waals surface area contributed by atoms with Crippen molar-refractivity contribution < 1.29 is 22.8 Å². The van der Waals surface area contributed by atoms with Crippen molar-refractivity contribution in [2.75, 3.05) is 18.4 Å². The van der Waals surface area contributed by atoms with Gasteiger partial charge in [0, 0.05) is 23.6 Å². The minimum atomic E-state index is -4.49. The molecule has 0 saturated heterocycles. The maximum absolute atomic E-state index is 12.9. The summed E-state index contributed by atoms with van der Waals surface area (Å²) in [6.45, 7) is 9.64. The minimum absolute atomic E-state index is 0.0765. The number of nitrogens with one attached hydrogen (secondary N) is 1. The molecule has 0 fully saturated rings. The van der Waals surface area contributed by atoms with Gasteiger partial charge in [-0.15, -0.1) is 0 Å². The summed E-state index contributed by atoms with van der Waals surface area (Å²) in [5.74, 6) is -0.506. The van der Waals surface area contributed by atoms with Crippen molar-refractivity contribution in [2.24, 2.45) is 0 Å². The van der Waals surface area contributed by atoms with Crippen molar-refractivity contribution in [2.45, 2.75) is 46.2 Å². The zero-order chi connectivity index (χ0) is 26.0. The highest BCUT2D eigenvalue weighted by Gasteiger charge is 2.30. The fraction of sp³-hybridized carbons (Fsp3) is 0.346. The van der Waals surface area contributed by atoms with Crippen LogP contribution in [-0.4, -0.2) is 39.6 Å². The van der Waals surface area contributed by atoms with Crippen LogP contribution in [0.5, 0.6) is 0 Å². The first-order valence-corrected chi connectivity index (χ1v) is 11.2. The first-order valence-electron chi connectivity index (χ1n) is 11.2. The molecule has 1 heterocycles. The first-order chi connectivity index (χ1) is 16.3. The van der Waals surface area contributed by atoms with E-state index in [9.17, 15) is 22.8 Å². The van der Waals surface area contributed by atoms with Crippen molar-refractivity contribution in [1.29, 1.82) is 0 Å². The van der Waals surface area contributed by atoms with E-state index in [1.807, 2.05) is 52.0 Å². The number of para-hydroxylation sites is 1. The molecule has 1 N–H and O–H groups in total. The molecule has 9 heteroatoms. The van der Waals surface area contributed by atoms with Crippen LogP contribution >= 0.6 is 0 Å². The van der Waals surface area contributed by atoms with Gasteiger partial charge in [-0.1, -0.05) is 39.0 Å². The largest absolute Gasteiger partial charge is 0.416 e. The molecule has 0 atom stereocenters. The number of aryl methyl sites for hydroxylation is 1. The molecule has 3 aromatic rings. The van der Waals surface area contributed by atoms with Gasteiger partial charge in [0.2, 0.25) is 5.91 Å². The fourth-order valence-electron chi connectivity index (χ4n) is 3.49. The number of anilines is 1.